The van der Waals surface area contributed by atoms with E-state index in [9.17, 15) is 4.79 Å². The van der Waals surface area contributed by atoms with Gasteiger partial charge in [-0.2, -0.15) is 24.1 Å². The van der Waals surface area contributed by atoms with Gasteiger partial charge in [0.15, 0.2) is 0 Å². The summed E-state index contributed by atoms with van der Waals surface area (Å²) in [5.41, 5.74) is 1.62. The van der Waals surface area contributed by atoms with E-state index in [1.54, 1.807) is 30.3 Å². The Bertz CT molecular complexity index is 441. The Morgan fingerprint density at radius 1 is 0.944 bits per heavy atom. The molecular formula is C15H15O2Zn-. The van der Waals surface area contributed by atoms with Crippen molar-refractivity contribution in [1.29, 1.82) is 0 Å². The van der Waals surface area contributed by atoms with E-state index in [1.807, 2.05) is 25.1 Å². The molecule has 2 aromatic carbocycles. The van der Waals surface area contributed by atoms with E-state index >= 15 is 0 Å². The van der Waals surface area contributed by atoms with E-state index in [2.05, 4.69) is 18.6 Å². The molecule has 18 heavy (non-hydrogen) atoms. The van der Waals surface area contributed by atoms with Crippen LogP contribution in [0.4, 0.5) is 0 Å². The van der Waals surface area contributed by atoms with Crippen molar-refractivity contribution in [2.75, 3.05) is 0 Å². The summed E-state index contributed by atoms with van der Waals surface area (Å²) >= 11 is 0. The van der Waals surface area contributed by atoms with Crippen LogP contribution in [0.5, 0.6) is 0 Å². The SMILES string of the molecule is C[CH-]c1ccccc1.O=C(O)c1ccccc1.[Zn]. The molecule has 3 heteroatoms. The van der Waals surface area contributed by atoms with Crippen molar-refractivity contribution in [2.45, 2.75) is 6.92 Å². The molecule has 2 rings (SSSR count). The Morgan fingerprint density at radius 3 is 1.67 bits per heavy atom. The largest absolute Gasteiger partial charge is 0.478 e. The third kappa shape index (κ3) is 6.22. The molecular weight excluding hydrogens is 278 g/mol. The maximum Gasteiger partial charge on any atom is 0.335 e. The topological polar surface area (TPSA) is 37.3 Å². The maximum atomic E-state index is 10.2. The molecule has 0 aromatic heterocycles. The van der Waals surface area contributed by atoms with Gasteiger partial charge >= 0.3 is 5.97 Å². The molecule has 0 saturated heterocycles. The number of carboxylic acids is 1. The quantitative estimate of drug-likeness (QED) is 0.678. The number of aromatic carboxylic acids is 1. The zero-order valence-electron chi connectivity index (χ0n) is 10.4. The summed E-state index contributed by atoms with van der Waals surface area (Å²) in [6, 6.07) is 18.6. The van der Waals surface area contributed by atoms with Gasteiger partial charge in [-0.25, -0.2) is 4.79 Å². The molecule has 0 amide bonds. The van der Waals surface area contributed by atoms with Crippen LogP contribution in [0, 0.1) is 6.42 Å². The molecule has 2 nitrogen and oxygen atoms in total. The fourth-order valence-electron chi connectivity index (χ4n) is 1.23. The normalized spacial score (nSPS) is 8.28. The van der Waals surface area contributed by atoms with E-state index < -0.39 is 5.97 Å². The summed E-state index contributed by atoms with van der Waals surface area (Å²) < 4.78 is 0. The van der Waals surface area contributed by atoms with Crippen LogP contribution in [0.15, 0.2) is 60.7 Å². The molecule has 0 aliphatic rings. The number of carboxylic acid groups (broad SMARTS) is 1. The van der Waals surface area contributed by atoms with Gasteiger partial charge in [-0.1, -0.05) is 31.2 Å². The van der Waals surface area contributed by atoms with Crippen LogP contribution in [-0.4, -0.2) is 11.1 Å². The Morgan fingerprint density at radius 2 is 1.39 bits per heavy atom. The monoisotopic (exact) mass is 291 g/mol. The average Bonchev–Trinajstić information content (AvgIpc) is 2.41. The third-order valence-electron chi connectivity index (χ3n) is 2.15. The molecule has 0 saturated carbocycles. The molecule has 0 unspecified atom stereocenters. The summed E-state index contributed by atoms with van der Waals surface area (Å²) in [5, 5.41) is 8.38. The van der Waals surface area contributed by atoms with E-state index in [-0.39, 0.29) is 19.5 Å². The minimum atomic E-state index is -0.879. The van der Waals surface area contributed by atoms with Crippen LogP contribution in [0.2, 0.25) is 0 Å². The zero-order valence-corrected chi connectivity index (χ0v) is 13.4. The number of carbonyl (C=O) groups is 1. The first-order chi connectivity index (χ1) is 8.24. The maximum absolute atomic E-state index is 10.2. The molecule has 90 valence electrons. The molecule has 0 aliphatic heterocycles. The van der Waals surface area contributed by atoms with Gasteiger partial charge in [0.2, 0.25) is 0 Å². The fourth-order valence-corrected chi connectivity index (χ4v) is 1.23. The molecule has 1 N–H and O–H groups in total. The van der Waals surface area contributed by atoms with Crippen LogP contribution < -0.4 is 0 Å². The minimum Gasteiger partial charge on any atom is -0.478 e. The second-order valence-corrected chi connectivity index (χ2v) is 3.37. The molecule has 0 spiro atoms. The fraction of sp³-hybridized carbons (Fsp3) is 0.0667. The molecule has 0 bridgehead atoms. The Hall–Kier alpha value is -1.60. The van der Waals surface area contributed by atoms with Gasteiger partial charge in [0, 0.05) is 19.5 Å². The summed E-state index contributed by atoms with van der Waals surface area (Å²) in [6.07, 6.45) is 2.08. The van der Waals surface area contributed by atoms with E-state index in [0.717, 1.165) is 0 Å². The summed E-state index contributed by atoms with van der Waals surface area (Å²) in [7, 11) is 0. The molecule has 0 aliphatic carbocycles. The first-order valence-corrected chi connectivity index (χ1v) is 5.37. The van der Waals surface area contributed by atoms with Gasteiger partial charge in [0.05, 0.1) is 5.56 Å². The van der Waals surface area contributed by atoms with Gasteiger partial charge in [-0.15, -0.1) is 12.1 Å². The smallest absolute Gasteiger partial charge is 0.335 e. The standard InChI is InChI=1S/C8H9.C7H6O2.Zn/c1-2-8-6-4-3-5-7-8;8-7(9)6-4-2-1-3-5-6;/h2-7H,1H3;1-5H,(H,8,9);/q-1;;. The number of rotatable bonds is 2. The zero-order chi connectivity index (χ0) is 12.5. The van der Waals surface area contributed by atoms with Crippen molar-refractivity contribution in [3.8, 4) is 0 Å². The van der Waals surface area contributed by atoms with Crippen molar-refractivity contribution in [1.82, 2.24) is 0 Å². The second kappa shape index (κ2) is 9.44. The van der Waals surface area contributed by atoms with E-state index in [1.165, 1.54) is 5.56 Å². The number of hydrogen-bond donors (Lipinski definition) is 1. The van der Waals surface area contributed by atoms with Crippen LogP contribution in [-0.2, 0) is 19.5 Å². The second-order valence-electron chi connectivity index (χ2n) is 3.37. The minimum absolute atomic E-state index is 0. The van der Waals surface area contributed by atoms with Crippen molar-refractivity contribution in [3.63, 3.8) is 0 Å². The molecule has 0 heterocycles. The van der Waals surface area contributed by atoms with Gasteiger partial charge in [0.1, 0.15) is 0 Å². The number of hydrogen-bond acceptors (Lipinski definition) is 1. The summed E-state index contributed by atoms with van der Waals surface area (Å²) in [6.45, 7) is 2.04. The van der Waals surface area contributed by atoms with Gasteiger partial charge in [-0.05, 0) is 12.1 Å². The Kier molecular flexibility index (Phi) is 8.60. The van der Waals surface area contributed by atoms with E-state index in [0.29, 0.717) is 5.56 Å². The average molecular weight is 293 g/mol. The van der Waals surface area contributed by atoms with E-state index in [4.69, 9.17) is 5.11 Å². The Balaban J connectivity index is 0.000000306. The van der Waals surface area contributed by atoms with Gasteiger partial charge in [0.25, 0.3) is 0 Å². The van der Waals surface area contributed by atoms with Crippen LogP contribution in [0.1, 0.15) is 22.8 Å². The van der Waals surface area contributed by atoms with Crippen molar-refractivity contribution in [3.05, 3.63) is 78.2 Å². The summed E-state index contributed by atoms with van der Waals surface area (Å²) in [5.74, 6) is -0.879. The van der Waals surface area contributed by atoms with Crippen molar-refractivity contribution >= 4 is 5.97 Å². The van der Waals surface area contributed by atoms with Gasteiger partial charge < -0.3 is 5.11 Å². The molecule has 0 radical (unpaired) electrons. The number of benzene rings is 2. The predicted molar refractivity (Wildman–Crippen MR) is 68.9 cm³/mol. The summed E-state index contributed by atoms with van der Waals surface area (Å²) in [4.78, 5) is 10.2. The first kappa shape index (κ1) is 16.4. The van der Waals surface area contributed by atoms with Gasteiger partial charge in [-0.3, -0.25) is 0 Å². The Labute approximate surface area is 120 Å². The molecule has 2 aromatic rings. The predicted octanol–water partition coefficient (Wildman–Crippen LogP) is 3.64. The first-order valence-electron chi connectivity index (χ1n) is 5.37. The van der Waals surface area contributed by atoms with Crippen molar-refractivity contribution < 1.29 is 29.4 Å². The van der Waals surface area contributed by atoms with Crippen LogP contribution >= 0.6 is 0 Å². The van der Waals surface area contributed by atoms with Crippen LogP contribution in [0.3, 0.4) is 0 Å². The third-order valence-corrected chi connectivity index (χ3v) is 2.15. The van der Waals surface area contributed by atoms with Crippen molar-refractivity contribution in [2.24, 2.45) is 0 Å². The molecule has 0 atom stereocenters. The molecule has 0 fully saturated rings. The van der Waals surface area contributed by atoms with Crippen LogP contribution in [0.25, 0.3) is 0 Å².